The number of ether oxygens (including phenoxy) is 1. The molecule has 0 aliphatic rings. The van der Waals surface area contributed by atoms with E-state index in [9.17, 15) is 9.18 Å². The number of hydrogen-bond acceptors (Lipinski definition) is 3. The molecule has 0 unspecified atom stereocenters. The van der Waals surface area contributed by atoms with Crippen LogP contribution >= 0.6 is 11.6 Å². The second kappa shape index (κ2) is 8.19. The van der Waals surface area contributed by atoms with Gasteiger partial charge < -0.3 is 15.8 Å². The first-order chi connectivity index (χ1) is 11.1. The Hall–Kier alpha value is -2.53. The molecule has 0 aromatic heterocycles. The number of amides is 1. The molecule has 0 fully saturated rings. The fraction of sp³-hybridized carbons (Fsp3) is 0.118. The third kappa shape index (κ3) is 5.30. The lowest BCUT2D eigenvalue weighted by Crippen LogP contribution is -2.24. The average molecular weight is 335 g/mol. The van der Waals surface area contributed by atoms with Crippen LogP contribution in [0.4, 0.5) is 14.9 Å². The van der Waals surface area contributed by atoms with Crippen LogP contribution in [0.2, 0.25) is 5.02 Å². The van der Waals surface area contributed by atoms with Crippen molar-refractivity contribution in [2.24, 2.45) is 0 Å². The van der Waals surface area contributed by atoms with Gasteiger partial charge in [-0.05, 0) is 17.7 Å². The Balaban J connectivity index is 1.79. The highest BCUT2D eigenvalue weighted by molar-refractivity contribution is 6.30. The van der Waals surface area contributed by atoms with Gasteiger partial charge in [-0.2, -0.15) is 0 Å². The van der Waals surface area contributed by atoms with Crippen molar-refractivity contribution < 1.29 is 13.9 Å². The maximum Gasteiger partial charge on any atom is 0.407 e. The number of nitrogen functional groups attached to an aromatic ring is 1. The standard InChI is InChI=1S/C17H16ClFN2O2/c18-14-9-13(16(20)15(19)10-14)7-4-8-21-17(22)23-11-12-5-2-1-3-6-12/h1-7,9-10H,8,11,20H2,(H,21,22). The van der Waals surface area contributed by atoms with E-state index >= 15 is 0 Å². The Morgan fingerprint density at radius 3 is 2.78 bits per heavy atom. The third-order valence-electron chi connectivity index (χ3n) is 3.00. The van der Waals surface area contributed by atoms with Crippen molar-refractivity contribution in [3.8, 4) is 0 Å². The number of carbonyl (C=O) groups excluding carboxylic acids is 1. The minimum absolute atomic E-state index is 0.0114. The van der Waals surface area contributed by atoms with Crippen LogP contribution in [0.1, 0.15) is 11.1 Å². The first kappa shape index (κ1) is 16.8. The Bertz CT molecular complexity index is 705. The van der Waals surface area contributed by atoms with Gasteiger partial charge in [0.2, 0.25) is 0 Å². The number of hydrogen-bond donors (Lipinski definition) is 2. The van der Waals surface area contributed by atoms with E-state index in [1.807, 2.05) is 30.3 Å². The highest BCUT2D eigenvalue weighted by Gasteiger charge is 2.05. The number of carbonyl (C=O) groups is 1. The number of anilines is 1. The summed E-state index contributed by atoms with van der Waals surface area (Å²) in [5.41, 5.74) is 6.98. The molecule has 0 atom stereocenters. The van der Waals surface area contributed by atoms with Crippen LogP contribution in [-0.4, -0.2) is 12.6 Å². The van der Waals surface area contributed by atoms with E-state index in [-0.39, 0.29) is 23.9 Å². The van der Waals surface area contributed by atoms with Crippen molar-refractivity contribution in [1.29, 1.82) is 0 Å². The van der Waals surface area contributed by atoms with Crippen LogP contribution in [0.15, 0.2) is 48.5 Å². The molecule has 0 aliphatic carbocycles. The lowest BCUT2D eigenvalue weighted by Gasteiger charge is -2.06. The van der Waals surface area contributed by atoms with Crippen molar-refractivity contribution in [2.45, 2.75) is 6.61 Å². The summed E-state index contributed by atoms with van der Waals surface area (Å²) in [6.45, 7) is 0.421. The molecule has 120 valence electrons. The van der Waals surface area contributed by atoms with Crippen molar-refractivity contribution >= 4 is 29.5 Å². The number of nitrogens with one attached hydrogen (secondary N) is 1. The van der Waals surface area contributed by atoms with E-state index < -0.39 is 11.9 Å². The number of rotatable bonds is 5. The highest BCUT2D eigenvalue weighted by atomic mass is 35.5. The zero-order valence-electron chi connectivity index (χ0n) is 12.3. The maximum absolute atomic E-state index is 13.4. The smallest absolute Gasteiger partial charge is 0.407 e. The molecule has 0 radical (unpaired) electrons. The van der Waals surface area contributed by atoms with Gasteiger partial charge in [0.15, 0.2) is 0 Å². The van der Waals surface area contributed by atoms with E-state index in [1.54, 1.807) is 18.2 Å². The van der Waals surface area contributed by atoms with Gasteiger partial charge in [-0.1, -0.05) is 54.1 Å². The van der Waals surface area contributed by atoms with Crippen LogP contribution in [0, 0.1) is 5.82 Å². The SMILES string of the molecule is Nc1c(F)cc(Cl)cc1C=CCNC(=O)OCc1ccccc1. The second-order valence-electron chi connectivity index (χ2n) is 4.74. The molecule has 2 rings (SSSR count). The molecule has 23 heavy (non-hydrogen) atoms. The lowest BCUT2D eigenvalue weighted by atomic mass is 10.1. The van der Waals surface area contributed by atoms with Crippen LogP contribution < -0.4 is 11.1 Å². The summed E-state index contributed by atoms with van der Waals surface area (Å²) in [4.78, 5) is 11.5. The average Bonchev–Trinajstić information content (AvgIpc) is 2.54. The third-order valence-corrected chi connectivity index (χ3v) is 3.22. The molecular weight excluding hydrogens is 319 g/mol. The van der Waals surface area contributed by atoms with Crippen molar-refractivity contribution in [3.63, 3.8) is 0 Å². The maximum atomic E-state index is 13.4. The first-order valence-corrected chi connectivity index (χ1v) is 7.29. The van der Waals surface area contributed by atoms with E-state index in [4.69, 9.17) is 22.1 Å². The van der Waals surface area contributed by atoms with Gasteiger partial charge in [-0.3, -0.25) is 0 Å². The zero-order chi connectivity index (χ0) is 16.7. The van der Waals surface area contributed by atoms with Crippen molar-refractivity contribution in [1.82, 2.24) is 5.32 Å². The predicted octanol–water partition coefficient (Wildman–Crippen LogP) is 4.00. The molecule has 1 amide bonds. The molecule has 0 aliphatic heterocycles. The van der Waals surface area contributed by atoms with Gasteiger partial charge >= 0.3 is 6.09 Å². The number of benzene rings is 2. The summed E-state index contributed by atoms with van der Waals surface area (Å²) in [6.07, 6.45) is 2.68. The van der Waals surface area contributed by atoms with Crippen LogP contribution in [-0.2, 0) is 11.3 Å². The predicted molar refractivity (Wildman–Crippen MR) is 89.5 cm³/mol. The molecular formula is C17H16ClFN2O2. The fourth-order valence-electron chi connectivity index (χ4n) is 1.84. The highest BCUT2D eigenvalue weighted by Crippen LogP contribution is 2.23. The first-order valence-electron chi connectivity index (χ1n) is 6.92. The summed E-state index contributed by atoms with van der Waals surface area (Å²) in [5.74, 6) is -0.576. The summed E-state index contributed by atoms with van der Waals surface area (Å²) in [6, 6.07) is 12.0. The van der Waals surface area contributed by atoms with Crippen molar-refractivity contribution in [3.05, 3.63) is 70.5 Å². The number of nitrogens with two attached hydrogens (primary N) is 1. The van der Waals surface area contributed by atoms with Crippen LogP contribution in [0.3, 0.4) is 0 Å². The van der Waals surface area contributed by atoms with Gasteiger partial charge in [0.25, 0.3) is 0 Å². The fourth-order valence-corrected chi connectivity index (χ4v) is 2.06. The van der Waals surface area contributed by atoms with Crippen LogP contribution in [0.5, 0.6) is 0 Å². The zero-order valence-corrected chi connectivity index (χ0v) is 13.0. The van der Waals surface area contributed by atoms with Crippen LogP contribution in [0.25, 0.3) is 6.08 Å². The van der Waals surface area contributed by atoms with Gasteiger partial charge in [-0.25, -0.2) is 9.18 Å². The van der Waals surface area contributed by atoms with Gasteiger partial charge in [0, 0.05) is 17.1 Å². The molecule has 0 spiro atoms. The topological polar surface area (TPSA) is 64.3 Å². The molecule has 0 bridgehead atoms. The normalized spacial score (nSPS) is 10.7. The minimum atomic E-state index is -0.576. The molecule has 6 heteroatoms. The summed E-state index contributed by atoms with van der Waals surface area (Å²) in [7, 11) is 0. The Morgan fingerprint density at radius 1 is 1.30 bits per heavy atom. The Labute approximate surface area is 138 Å². The largest absolute Gasteiger partial charge is 0.445 e. The van der Waals surface area contributed by atoms with E-state index in [2.05, 4.69) is 5.32 Å². The summed E-state index contributed by atoms with van der Waals surface area (Å²) in [5, 5.41) is 2.81. The van der Waals surface area contributed by atoms with Crippen molar-refractivity contribution in [2.75, 3.05) is 12.3 Å². The molecule has 0 saturated carbocycles. The van der Waals surface area contributed by atoms with E-state index in [0.717, 1.165) is 11.6 Å². The lowest BCUT2D eigenvalue weighted by molar-refractivity contribution is 0.141. The molecule has 0 heterocycles. The van der Waals surface area contributed by atoms with Gasteiger partial charge in [-0.15, -0.1) is 0 Å². The minimum Gasteiger partial charge on any atom is -0.445 e. The summed E-state index contributed by atoms with van der Waals surface area (Å²) < 4.78 is 18.5. The Morgan fingerprint density at radius 2 is 2.04 bits per heavy atom. The quantitative estimate of drug-likeness (QED) is 0.812. The second-order valence-corrected chi connectivity index (χ2v) is 5.17. The molecule has 2 aromatic carbocycles. The number of halogens is 2. The van der Waals surface area contributed by atoms with Gasteiger partial charge in [0.1, 0.15) is 12.4 Å². The summed E-state index contributed by atoms with van der Waals surface area (Å²) >= 11 is 5.77. The Kier molecular flexibility index (Phi) is 6.00. The van der Waals surface area contributed by atoms with Gasteiger partial charge in [0.05, 0.1) is 5.69 Å². The molecule has 3 N–H and O–H groups in total. The molecule has 2 aromatic rings. The number of alkyl carbamates (subject to hydrolysis) is 1. The van der Waals surface area contributed by atoms with E-state index in [1.165, 1.54) is 0 Å². The molecule has 4 nitrogen and oxygen atoms in total. The monoisotopic (exact) mass is 334 g/mol. The van der Waals surface area contributed by atoms with E-state index in [0.29, 0.717) is 5.56 Å². The molecule has 0 saturated heterocycles.